The number of carbonyl (C=O) groups is 2. The first kappa shape index (κ1) is 17.0. The van der Waals surface area contributed by atoms with Crippen molar-refractivity contribution < 1.29 is 9.59 Å². The Morgan fingerprint density at radius 1 is 0.880 bits per heavy atom. The van der Waals surface area contributed by atoms with E-state index in [9.17, 15) is 9.59 Å². The molecular formula is C19H22N4O2. The average molecular weight is 338 g/mol. The number of rotatable bonds is 4. The third kappa shape index (κ3) is 5.04. The van der Waals surface area contributed by atoms with Crippen LogP contribution in [0.1, 0.15) is 32.1 Å². The van der Waals surface area contributed by atoms with Crippen LogP contribution in [0, 0.1) is 5.92 Å². The minimum atomic E-state index is -0.358. The second-order valence-corrected chi connectivity index (χ2v) is 6.23. The number of urea groups is 1. The lowest BCUT2D eigenvalue weighted by Gasteiger charge is -2.20. The van der Waals surface area contributed by atoms with Gasteiger partial charge in [-0.2, -0.15) is 0 Å². The van der Waals surface area contributed by atoms with Crippen LogP contribution in [0.5, 0.6) is 0 Å². The van der Waals surface area contributed by atoms with Gasteiger partial charge in [-0.3, -0.25) is 9.78 Å². The Kier molecular flexibility index (Phi) is 5.61. The van der Waals surface area contributed by atoms with Crippen LogP contribution in [-0.2, 0) is 4.79 Å². The van der Waals surface area contributed by atoms with Crippen LogP contribution < -0.4 is 16.0 Å². The Balaban J connectivity index is 1.57. The van der Waals surface area contributed by atoms with Crippen LogP contribution in [0.3, 0.4) is 0 Å². The molecule has 0 saturated heterocycles. The molecule has 3 N–H and O–H groups in total. The van der Waals surface area contributed by atoms with E-state index < -0.39 is 0 Å². The van der Waals surface area contributed by atoms with Crippen molar-refractivity contribution in [2.75, 3.05) is 16.0 Å². The zero-order chi connectivity index (χ0) is 17.5. The first-order valence-corrected chi connectivity index (χ1v) is 8.60. The summed E-state index contributed by atoms with van der Waals surface area (Å²) in [6.45, 7) is 0. The van der Waals surface area contributed by atoms with Gasteiger partial charge in [-0.15, -0.1) is 0 Å². The summed E-state index contributed by atoms with van der Waals surface area (Å²) in [4.78, 5) is 28.3. The number of carbonyl (C=O) groups excluding carboxylic acids is 2. The SMILES string of the molecule is O=C(Nc1cccnc1)Nc1cccc(NC(=O)C2CCCCC2)c1. The quantitative estimate of drug-likeness (QED) is 0.779. The molecule has 6 nitrogen and oxygen atoms in total. The van der Waals surface area contributed by atoms with Gasteiger partial charge in [0, 0.05) is 23.5 Å². The summed E-state index contributed by atoms with van der Waals surface area (Å²) in [5.41, 5.74) is 1.92. The number of hydrogen-bond acceptors (Lipinski definition) is 3. The number of aromatic nitrogens is 1. The van der Waals surface area contributed by atoms with Crippen LogP contribution in [-0.4, -0.2) is 16.9 Å². The van der Waals surface area contributed by atoms with E-state index in [0.717, 1.165) is 25.7 Å². The highest BCUT2D eigenvalue weighted by Gasteiger charge is 2.21. The third-order valence-corrected chi connectivity index (χ3v) is 4.28. The van der Waals surface area contributed by atoms with E-state index in [1.165, 1.54) is 6.42 Å². The maximum absolute atomic E-state index is 12.3. The summed E-state index contributed by atoms with van der Waals surface area (Å²) in [6.07, 6.45) is 8.58. The van der Waals surface area contributed by atoms with Gasteiger partial charge in [0.2, 0.25) is 5.91 Å². The van der Waals surface area contributed by atoms with E-state index in [4.69, 9.17) is 0 Å². The number of benzene rings is 1. The topological polar surface area (TPSA) is 83.1 Å². The molecular weight excluding hydrogens is 316 g/mol. The van der Waals surface area contributed by atoms with Crippen molar-refractivity contribution in [1.29, 1.82) is 0 Å². The molecule has 2 aromatic rings. The van der Waals surface area contributed by atoms with Gasteiger partial charge in [-0.25, -0.2) is 4.79 Å². The van der Waals surface area contributed by atoms with Crippen molar-refractivity contribution in [3.05, 3.63) is 48.8 Å². The molecule has 6 heteroatoms. The Bertz CT molecular complexity index is 727. The molecule has 1 saturated carbocycles. The van der Waals surface area contributed by atoms with Gasteiger partial charge >= 0.3 is 6.03 Å². The van der Waals surface area contributed by atoms with E-state index in [1.807, 2.05) is 6.07 Å². The molecule has 3 amide bonds. The Labute approximate surface area is 147 Å². The molecule has 0 aliphatic heterocycles. The molecule has 130 valence electrons. The molecule has 3 rings (SSSR count). The molecule has 0 atom stereocenters. The monoisotopic (exact) mass is 338 g/mol. The number of nitrogens with one attached hydrogen (secondary N) is 3. The lowest BCUT2D eigenvalue weighted by molar-refractivity contribution is -0.120. The van der Waals surface area contributed by atoms with Crippen molar-refractivity contribution in [2.45, 2.75) is 32.1 Å². The molecule has 0 unspecified atom stereocenters. The molecule has 1 fully saturated rings. The van der Waals surface area contributed by atoms with Gasteiger partial charge < -0.3 is 16.0 Å². The molecule has 1 aliphatic rings. The molecule has 0 spiro atoms. The fourth-order valence-electron chi connectivity index (χ4n) is 3.01. The zero-order valence-corrected chi connectivity index (χ0v) is 14.0. The zero-order valence-electron chi connectivity index (χ0n) is 14.0. The van der Waals surface area contributed by atoms with E-state index >= 15 is 0 Å². The Morgan fingerprint density at radius 3 is 2.28 bits per heavy atom. The predicted octanol–water partition coefficient (Wildman–Crippen LogP) is 4.24. The third-order valence-electron chi connectivity index (χ3n) is 4.28. The highest BCUT2D eigenvalue weighted by Crippen LogP contribution is 2.25. The molecule has 0 radical (unpaired) electrons. The lowest BCUT2D eigenvalue weighted by Crippen LogP contribution is -2.24. The van der Waals surface area contributed by atoms with Crippen molar-refractivity contribution in [1.82, 2.24) is 4.98 Å². The molecule has 0 bridgehead atoms. The summed E-state index contributed by atoms with van der Waals surface area (Å²) in [6, 6.07) is 10.3. The van der Waals surface area contributed by atoms with Crippen molar-refractivity contribution >= 4 is 29.0 Å². The normalized spacial score (nSPS) is 14.6. The van der Waals surface area contributed by atoms with Crippen LogP contribution in [0.2, 0.25) is 0 Å². The standard InChI is InChI=1S/C19H22N4O2/c24-18(14-6-2-1-3-7-14)21-15-8-4-9-16(12-15)22-19(25)23-17-10-5-11-20-13-17/h4-5,8-14H,1-3,6-7H2,(H,21,24)(H2,22,23,25). The fourth-order valence-corrected chi connectivity index (χ4v) is 3.01. The van der Waals surface area contributed by atoms with Crippen molar-refractivity contribution in [2.24, 2.45) is 5.92 Å². The maximum Gasteiger partial charge on any atom is 0.323 e. The highest BCUT2D eigenvalue weighted by molar-refractivity contribution is 6.00. The van der Waals surface area contributed by atoms with Crippen LogP contribution in [0.15, 0.2) is 48.8 Å². The maximum atomic E-state index is 12.3. The number of anilines is 3. The lowest BCUT2D eigenvalue weighted by atomic mass is 9.88. The molecule has 1 heterocycles. The van der Waals surface area contributed by atoms with Gasteiger partial charge in [0.15, 0.2) is 0 Å². The highest BCUT2D eigenvalue weighted by atomic mass is 16.2. The van der Waals surface area contributed by atoms with Gasteiger partial charge in [0.05, 0.1) is 11.9 Å². The van der Waals surface area contributed by atoms with E-state index in [1.54, 1.807) is 42.7 Å². The molecule has 25 heavy (non-hydrogen) atoms. The summed E-state index contributed by atoms with van der Waals surface area (Å²) in [5.74, 6) is 0.163. The molecule has 1 aromatic carbocycles. The van der Waals surface area contributed by atoms with Gasteiger partial charge in [-0.05, 0) is 43.2 Å². The van der Waals surface area contributed by atoms with Gasteiger partial charge in [-0.1, -0.05) is 25.3 Å². The van der Waals surface area contributed by atoms with Gasteiger partial charge in [0.25, 0.3) is 0 Å². The minimum Gasteiger partial charge on any atom is -0.326 e. The van der Waals surface area contributed by atoms with Crippen molar-refractivity contribution in [3.8, 4) is 0 Å². The smallest absolute Gasteiger partial charge is 0.323 e. The number of pyridine rings is 1. The Hall–Kier alpha value is -2.89. The van der Waals surface area contributed by atoms with Crippen LogP contribution in [0.25, 0.3) is 0 Å². The second kappa shape index (κ2) is 8.28. The largest absolute Gasteiger partial charge is 0.326 e. The Morgan fingerprint density at radius 2 is 1.56 bits per heavy atom. The predicted molar refractivity (Wildman–Crippen MR) is 98.5 cm³/mol. The average Bonchev–Trinajstić information content (AvgIpc) is 2.63. The fraction of sp³-hybridized carbons (Fsp3) is 0.316. The van der Waals surface area contributed by atoms with Crippen LogP contribution in [0.4, 0.5) is 21.9 Å². The molecule has 1 aliphatic carbocycles. The minimum absolute atomic E-state index is 0.0664. The van der Waals surface area contributed by atoms with E-state index in [2.05, 4.69) is 20.9 Å². The number of nitrogens with zero attached hydrogens (tertiary/aromatic N) is 1. The van der Waals surface area contributed by atoms with E-state index in [0.29, 0.717) is 17.1 Å². The first-order valence-electron chi connectivity index (χ1n) is 8.60. The summed E-state index contributed by atoms with van der Waals surface area (Å²) in [5, 5.41) is 8.41. The van der Waals surface area contributed by atoms with Gasteiger partial charge in [0.1, 0.15) is 0 Å². The van der Waals surface area contributed by atoms with E-state index in [-0.39, 0.29) is 17.9 Å². The molecule has 1 aromatic heterocycles. The summed E-state index contributed by atoms with van der Waals surface area (Å²) in [7, 11) is 0. The summed E-state index contributed by atoms with van der Waals surface area (Å²) < 4.78 is 0. The summed E-state index contributed by atoms with van der Waals surface area (Å²) >= 11 is 0. The van der Waals surface area contributed by atoms with Crippen LogP contribution >= 0.6 is 0 Å². The second-order valence-electron chi connectivity index (χ2n) is 6.23. The number of hydrogen-bond donors (Lipinski definition) is 3. The first-order chi connectivity index (χ1) is 12.2. The number of amides is 3. The van der Waals surface area contributed by atoms with Crippen molar-refractivity contribution in [3.63, 3.8) is 0 Å².